The molecule has 0 amide bonds. The van der Waals surface area contributed by atoms with Gasteiger partial charge in [-0.25, -0.2) is 8.78 Å². The molecule has 0 aromatic heterocycles. The number of hydrogen-bond acceptors (Lipinski definition) is 1. The Bertz CT molecular complexity index is 366. The van der Waals surface area contributed by atoms with E-state index in [1.807, 2.05) is 13.8 Å². The molecule has 0 aliphatic rings. The summed E-state index contributed by atoms with van der Waals surface area (Å²) in [6, 6.07) is 2.38. The van der Waals surface area contributed by atoms with Gasteiger partial charge in [0, 0.05) is 11.6 Å². The summed E-state index contributed by atoms with van der Waals surface area (Å²) in [5.41, 5.74) is 0.116. The van der Waals surface area contributed by atoms with Crippen molar-refractivity contribution in [1.82, 2.24) is 5.32 Å². The Balaban J connectivity index is 3.13. The van der Waals surface area contributed by atoms with Crippen molar-refractivity contribution in [2.75, 3.05) is 7.05 Å². The van der Waals surface area contributed by atoms with Gasteiger partial charge in [-0.3, -0.25) is 0 Å². The summed E-state index contributed by atoms with van der Waals surface area (Å²) in [5.74, 6) is -0.643. The minimum atomic E-state index is -0.514. The lowest BCUT2D eigenvalue weighted by Crippen LogP contribution is -2.21. The molecule has 0 aliphatic heterocycles. The zero-order chi connectivity index (χ0) is 12.3. The molecule has 1 nitrogen and oxygen atoms in total. The first-order valence-corrected chi connectivity index (χ1v) is 6.07. The van der Waals surface area contributed by atoms with Crippen LogP contribution < -0.4 is 5.32 Å². The van der Waals surface area contributed by atoms with E-state index in [-0.39, 0.29) is 11.6 Å². The molecule has 0 spiro atoms. The summed E-state index contributed by atoms with van der Waals surface area (Å²) in [4.78, 5) is 0. The first kappa shape index (κ1) is 13.6. The molecule has 1 unspecified atom stereocenters. The van der Waals surface area contributed by atoms with Crippen molar-refractivity contribution in [3.8, 4) is 0 Å². The van der Waals surface area contributed by atoms with Crippen molar-refractivity contribution in [3.63, 3.8) is 0 Å². The van der Waals surface area contributed by atoms with Crippen molar-refractivity contribution in [3.05, 3.63) is 33.8 Å². The van der Waals surface area contributed by atoms with E-state index in [1.54, 1.807) is 7.05 Å². The zero-order valence-corrected chi connectivity index (χ0v) is 11.2. The largest absolute Gasteiger partial charge is 0.313 e. The highest BCUT2D eigenvalue weighted by Crippen LogP contribution is 2.29. The molecule has 16 heavy (non-hydrogen) atoms. The van der Waals surface area contributed by atoms with Crippen molar-refractivity contribution in [2.24, 2.45) is 5.92 Å². The van der Waals surface area contributed by atoms with Crippen molar-refractivity contribution in [2.45, 2.75) is 26.3 Å². The molecule has 0 saturated heterocycles. The van der Waals surface area contributed by atoms with Crippen LogP contribution in [0.3, 0.4) is 0 Å². The minimum absolute atomic E-state index is 0.116. The molecule has 1 N–H and O–H groups in total. The third-order valence-electron chi connectivity index (χ3n) is 2.48. The second kappa shape index (κ2) is 5.73. The molecule has 0 bridgehead atoms. The van der Waals surface area contributed by atoms with Crippen molar-refractivity contribution < 1.29 is 8.78 Å². The fourth-order valence-corrected chi connectivity index (χ4v) is 2.06. The SMILES string of the molecule is CNC(CC(C)C)c1c(F)ccc(Br)c1F. The Morgan fingerprint density at radius 3 is 2.44 bits per heavy atom. The summed E-state index contributed by atoms with van der Waals surface area (Å²) >= 11 is 3.07. The average Bonchev–Trinajstić information content (AvgIpc) is 2.22. The quantitative estimate of drug-likeness (QED) is 0.826. The number of benzene rings is 1. The third kappa shape index (κ3) is 3.01. The molecule has 4 heteroatoms. The van der Waals surface area contributed by atoms with Gasteiger partial charge in [0.05, 0.1) is 4.47 Å². The Hall–Kier alpha value is -0.480. The highest BCUT2D eigenvalue weighted by Gasteiger charge is 2.21. The van der Waals surface area contributed by atoms with Gasteiger partial charge >= 0.3 is 0 Å². The van der Waals surface area contributed by atoms with E-state index in [9.17, 15) is 8.78 Å². The van der Waals surface area contributed by atoms with Gasteiger partial charge in [-0.2, -0.15) is 0 Å². The first-order valence-electron chi connectivity index (χ1n) is 5.28. The van der Waals surface area contributed by atoms with E-state index in [0.29, 0.717) is 16.8 Å². The highest BCUT2D eigenvalue weighted by molar-refractivity contribution is 9.10. The number of halogens is 3. The molecule has 0 radical (unpaired) electrons. The molecule has 0 fully saturated rings. The Kier molecular flexibility index (Phi) is 4.87. The van der Waals surface area contributed by atoms with E-state index in [2.05, 4.69) is 21.2 Å². The van der Waals surface area contributed by atoms with Crippen LogP contribution in [0.2, 0.25) is 0 Å². The van der Waals surface area contributed by atoms with Crippen LogP contribution in [-0.4, -0.2) is 7.05 Å². The topological polar surface area (TPSA) is 12.0 Å². The van der Waals surface area contributed by atoms with Gasteiger partial charge in [-0.1, -0.05) is 13.8 Å². The second-order valence-corrected chi connectivity index (χ2v) is 5.08. The molecule has 1 aromatic carbocycles. The van der Waals surface area contributed by atoms with Crippen molar-refractivity contribution in [1.29, 1.82) is 0 Å². The smallest absolute Gasteiger partial charge is 0.145 e. The summed E-state index contributed by atoms with van der Waals surface area (Å²) in [5, 5.41) is 2.96. The van der Waals surface area contributed by atoms with Gasteiger partial charge in [-0.05, 0) is 47.4 Å². The minimum Gasteiger partial charge on any atom is -0.313 e. The lowest BCUT2D eigenvalue weighted by atomic mass is 9.96. The molecule has 0 saturated carbocycles. The van der Waals surface area contributed by atoms with Gasteiger partial charge in [0.25, 0.3) is 0 Å². The van der Waals surface area contributed by atoms with Crippen LogP contribution in [0.4, 0.5) is 8.78 Å². The van der Waals surface area contributed by atoms with Crippen LogP contribution >= 0.6 is 15.9 Å². The summed E-state index contributed by atoms with van der Waals surface area (Å²) in [7, 11) is 1.72. The molecule has 0 heterocycles. The van der Waals surface area contributed by atoms with Gasteiger partial charge in [-0.15, -0.1) is 0 Å². The lowest BCUT2D eigenvalue weighted by molar-refractivity contribution is 0.419. The second-order valence-electron chi connectivity index (χ2n) is 4.23. The molecule has 1 aromatic rings. The predicted molar refractivity (Wildman–Crippen MR) is 65.3 cm³/mol. The van der Waals surface area contributed by atoms with E-state index >= 15 is 0 Å². The molecule has 0 aliphatic carbocycles. The molecule has 1 atom stereocenters. The molecular formula is C12H16BrF2N. The zero-order valence-electron chi connectivity index (χ0n) is 9.65. The van der Waals surface area contributed by atoms with Gasteiger partial charge in [0.15, 0.2) is 0 Å². The van der Waals surface area contributed by atoms with E-state index < -0.39 is 11.6 Å². The van der Waals surface area contributed by atoms with Crippen LogP contribution in [0.15, 0.2) is 16.6 Å². The highest BCUT2D eigenvalue weighted by atomic mass is 79.9. The maximum atomic E-state index is 13.8. The van der Waals surface area contributed by atoms with E-state index in [0.717, 1.165) is 0 Å². The lowest BCUT2D eigenvalue weighted by Gasteiger charge is -2.20. The van der Waals surface area contributed by atoms with E-state index in [1.165, 1.54) is 12.1 Å². The van der Waals surface area contributed by atoms with Crippen molar-refractivity contribution >= 4 is 15.9 Å². The van der Waals surface area contributed by atoms with Gasteiger partial charge < -0.3 is 5.32 Å². The maximum Gasteiger partial charge on any atom is 0.145 e. The van der Waals surface area contributed by atoms with Crippen LogP contribution in [0.5, 0.6) is 0 Å². The van der Waals surface area contributed by atoms with Gasteiger partial charge in [0.2, 0.25) is 0 Å². The number of hydrogen-bond donors (Lipinski definition) is 1. The third-order valence-corrected chi connectivity index (χ3v) is 3.10. The first-order chi connectivity index (χ1) is 7.47. The summed E-state index contributed by atoms with van der Waals surface area (Å²) in [6.45, 7) is 4.05. The standard InChI is InChI=1S/C12H16BrF2N/c1-7(2)6-10(16-3)11-9(14)5-4-8(13)12(11)15/h4-5,7,10,16H,6H2,1-3H3. The Morgan fingerprint density at radius 1 is 1.31 bits per heavy atom. The van der Waals surface area contributed by atoms with Crippen LogP contribution in [0.1, 0.15) is 31.9 Å². The molecule has 1 rings (SSSR count). The fourth-order valence-electron chi connectivity index (χ4n) is 1.71. The number of rotatable bonds is 4. The average molecular weight is 292 g/mol. The van der Waals surface area contributed by atoms with Crippen LogP contribution in [0, 0.1) is 17.6 Å². The Labute approximate surface area is 103 Å². The predicted octanol–water partition coefficient (Wildman–Crippen LogP) is 4.03. The monoisotopic (exact) mass is 291 g/mol. The van der Waals surface area contributed by atoms with E-state index in [4.69, 9.17) is 0 Å². The summed E-state index contributed by atoms with van der Waals surface area (Å²) in [6.07, 6.45) is 0.695. The summed E-state index contributed by atoms with van der Waals surface area (Å²) < 4.78 is 27.7. The number of nitrogens with one attached hydrogen (secondary N) is 1. The Morgan fingerprint density at radius 2 is 1.94 bits per heavy atom. The fraction of sp³-hybridized carbons (Fsp3) is 0.500. The molecular weight excluding hydrogens is 276 g/mol. The van der Waals surface area contributed by atoms with Gasteiger partial charge in [0.1, 0.15) is 11.6 Å². The van der Waals surface area contributed by atoms with Crippen LogP contribution in [-0.2, 0) is 0 Å². The maximum absolute atomic E-state index is 13.8. The normalized spacial score (nSPS) is 13.2. The molecule has 90 valence electrons. The van der Waals surface area contributed by atoms with Crippen LogP contribution in [0.25, 0.3) is 0 Å².